The molecule has 2 rings (SSSR count). The summed E-state index contributed by atoms with van der Waals surface area (Å²) in [6.45, 7) is 2.71. The van der Waals surface area contributed by atoms with E-state index in [-0.39, 0.29) is 6.42 Å². The van der Waals surface area contributed by atoms with Crippen LogP contribution in [0.3, 0.4) is 0 Å². The van der Waals surface area contributed by atoms with Gasteiger partial charge in [0.1, 0.15) is 12.2 Å². The van der Waals surface area contributed by atoms with Gasteiger partial charge in [-0.05, 0) is 18.8 Å². The van der Waals surface area contributed by atoms with Crippen LogP contribution in [0.1, 0.15) is 50.8 Å². The van der Waals surface area contributed by atoms with Gasteiger partial charge in [0.2, 0.25) is 0 Å². The number of carboxylic acids is 1. The van der Waals surface area contributed by atoms with E-state index < -0.39 is 12.1 Å². The Morgan fingerprint density at radius 1 is 1.47 bits per heavy atom. The summed E-state index contributed by atoms with van der Waals surface area (Å²) in [6.07, 6.45) is 5.13. The van der Waals surface area contributed by atoms with Crippen LogP contribution in [0.25, 0.3) is 0 Å². The molecule has 1 saturated carbocycles. The number of aliphatic carboxylic acids is 1. The molecule has 0 aromatic carbocycles. The highest BCUT2D eigenvalue weighted by Gasteiger charge is 2.24. The minimum atomic E-state index is -1.32. The molecule has 0 bridgehead atoms. The predicted octanol–water partition coefficient (Wildman–Crippen LogP) is 1.41. The van der Waals surface area contributed by atoms with Gasteiger partial charge < -0.3 is 14.8 Å². The number of aliphatic hydroxyl groups is 1. The highest BCUT2D eigenvalue weighted by Crippen LogP contribution is 2.34. The lowest BCUT2D eigenvalue weighted by Gasteiger charge is -2.25. The number of rotatable bonds is 5. The monoisotopic (exact) mass is 267 g/mol. The van der Waals surface area contributed by atoms with Crippen molar-refractivity contribution in [3.8, 4) is 0 Å². The molecule has 1 aromatic rings. The van der Waals surface area contributed by atoms with Gasteiger partial charge in [-0.25, -0.2) is 4.79 Å². The maximum absolute atomic E-state index is 10.6. The van der Waals surface area contributed by atoms with Crippen LogP contribution in [0.2, 0.25) is 0 Å². The first-order valence-corrected chi connectivity index (χ1v) is 6.86. The lowest BCUT2D eigenvalue weighted by molar-refractivity contribution is -0.147. The fourth-order valence-electron chi connectivity index (χ4n) is 2.66. The molecule has 0 amide bonds. The van der Waals surface area contributed by atoms with E-state index in [1.807, 2.05) is 4.57 Å². The maximum Gasteiger partial charge on any atom is 0.332 e. The first kappa shape index (κ1) is 14.0. The third-order valence-electron chi connectivity index (χ3n) is 3.95. The highest BCUT2D eigenvalue weighted by atomic mass is 16.4. The minimum Gasteiger partial charge on any atom is -0.479 e. The first-order valence-electron chi connectivity index (χ1n) is 6.86. The van der Waals surface area contributed by atoms with Gasteiger partial charge in [-0.15, -0.1) is 10.2 Å². The van der Waals surface area contributed by atoms with Gasteiger partial charge in [-0.1, -0.05) is 19.8 Å². The van der Waals surface area contributed by atoms with Crippen molar-refractivity contribution in [2.24, 2.45) is 5.92 Å². The van der Waals surface area contributed by atoms with E-state index in [1.54, 1.807) is 6.33 Å². The van der Waals surface area contributed by atoms with Crippen molar-refractivity contribution in [3.63, 3.8) is 0 Å². The summed E-state index contributed by atoms with van der Waals surface area (Å²) in [4.78, 5) is 10.6. The van der Waals surface area contributed by atoms with Crippen molar-refractivity contribution in [1.29, 1.82) is 0 Å². The van der Waals surface area contributed by atoms with Gasteiger partial charge in [0, 0.05) is 18.9 Å². The number of hydrogen-bond acceptors (Lipinski definition) is 4. The quantitative estimate of drug-likeness (QED) is 0.842. The molecule has 0 spiro atoms. The molecule has 106 valence electrons. The van der Waals surface area contributed by atoms with Gasteiger partial charge in [0.25, 0.3) is 0 Å². The number of aliphatic hydroxyl groups excluding tert-OH is 1. The number of aromatic nitrogens is 3. The Morgan fingerprint density at radius 2 is 2.16 bits per heavy atom. The van der Waals surface area contributed by atoms with Crippen LogP contribution in [-0.2, 0) is 11.3 Å². The highest BCUT2D eigenvalue weighted by molar-refractivity contribution is 5.71. The largest absolute Gasteiger partial charge is 0.479 e. The van der Waals surface area contributed by atoms with E-state index in [9.17, 15) is 9.90 Å². The summed E-state index contributed by atoms with van der Waals surface area (Å²) in [7, 11) is 0. The Labute approximate surface area is 112 Å². The molecule has 1 unspecified atom stereocenters. The molecular weight excluding hydrogens is 246 g/mol. The number of hydrogen-bond donors (Lipinski definition) is 2. The van der Waals surface area contributed by atoms with Crippen LogP contribution in [0.4, 0.5) is 0 Å². The Morgan fingerprint density at radius 3 is 2.79 bits per heavy atom. The lowest BCUT2D eigenvalue weighted by Crippen LogP contribution is -2.22. The Bertz CT molecular complexity index is 425. The van der Waals surface area contributed by atoms with E-state index in [0.29, 0.717) is 12.5 Å². The SMILES string of the molecule is CC1CCC(c2nncn2CCC(O)C(=O)O)CC1. The zero-order valence-corrected chi connectivity index (χ0v) is 11.2. The summed E-state index contributed by atoms with van der Waals surface area (Å²) in [5, 5.41) is 26.1. The van der Waals surface area contributed by atoms with Crippen molar-refractivity contribution in [1.82, 2.24) is 14.8 Å². The molecule has 1 fully saturated rings. The molecule has 6 nitrogen and oxygen atoms in total. The summed E-state index contributed by atoms with van der Waals surface area (Å²) in [5.74, 6) is 0.952. The second-order valence-corrected chi connectivity index (χ2v) is 5.48. The summed E-state index contributed by atoms with van der Waals surface area (Å²) in [6, 6.07) is 0. The van der Waals surface area contributed by atoms with Crippen molar-refractivity contribution >= 4 is 5.97 Å². The third kappa shape index (κ3) is 3.53. The molecule has 0 radical (unpaired) electrons. The Kier molecular flexibility index (Phi) is 4.52. The standard InChI is InChI=1S/C13H21N3O3/c1-9-2-4-10(5-3-9)12-15-14-8-16(12)7-6-11(17)13(18)19/h8-11,17H,2-7H2,1H3,(H,18,19). The van der Waals surface area contributed by atoms with Crippen molar-refractivity contribution in [2.45, 2.75) is 57.6 Å². The molecule has 1 heterocycles. The molecule has 2 N–H and O–H groups in total. The molecule has 1 aliphatic carbocycles. The van der Waals surface area contributed by atoms with Crippen molar-refractivity contribution in [3.05, 3.63) is 12.2 Å². The van der Waals surface area contributed by atoms with Crippen LogP contribution in [0.15, 0.2) is 6.33 Å². The minimum absolute atomic E-state index is 0.184. The molecule has 1 atom stereocenters. The van der Waals surface area contributed by atoms with Crippen LogP contribution < -0.4 is 0 Å². The second-order valence-electron chi connectivity index (χ2n) is 5.48. The van der Waals surface area contributed by atoms with E-state index in [0.717, 1.165) is 24.6 Å². The Balaban J connectivity index is 1.96. The summed E-state index contributed by atoms with van der Waals surface area (Å²) < 4.78 is 1.88. The van der Waals surface area contributed by atoms with Gasteiger partial charge in [-0.2, -0.15) is 0 Å². The second kappa shape index (κ2) is 6.14. The molecule has 0 saturated heterocycles. The van der Waals surface area contributed by atoms with Gasteiger partial charge >= 0.3 is 5.97 Å². The zero-order valence-electron chi connectivity index (χ0n) is 11.2. The average Bonchev–Trinajstić information content (AvgIpc) is 2.85. The van der Waals surface area contributed by atoms with Gasteiger partial charge in [-0.3, -0.25) is 0 Å². The summed E-state index contributed by atoms with van der Waals surface area (Å²) >= 11 is 0. The van der Waals surface area contributed by atoms with E-state index in [1.165, 1.54) is 12.8 Å². The topological polar surface area (TPSA) is 88.2 Å². The van der Waals surface area contributed by atoms with Gasteiger partial charge in [0.05, 0.1) is 0 Å². The molecule has 0 aliphatic heterocycles. The molecule has 1 aromatic heterocycles. The number of carbonyl (C=O) groups is 1. The lowest BCUT2D eigenvalue weighted by atomic mass is 9.82. The predicted molar refractivity (Wildman–Crippen MR) is 68.7 cm³/mol. The molecule has 6 heteroatoms. The van der Waals surface area contributed by atoms with Crippen molar-refractivity contribution < 1.29 is 15.0 Å². The molecular formula is C13H21N3O3. The van der Waals surface area contributed by atoms with E-state index in [2.05, 4.69) is 17.1 Å². The third-order valence-corrected chi connectivity index (χ3v) is 3.95. The van der Waals surface area contributed by atoms with Crippen molar-refractivity contribution in [2.75, 3.05) is 0 Å². The molecule has 19 heavy (non-hydrogen) atoms. The van der Waals surface area contributed by atoms with Crippen LogP contribution in [0, 0.1) is 5.92 Å². The summed E-state index contributed by atoms with van der Waals surface area (Å²) in [5.41, 5.74) is 0. The van der Waals surface area contributed by atoms with Crippen LogP contribution >= 0.6 is 0 Å². The smallest absolute Gasteiger partial charge is 0.332 e. The van der Waals surface area contributed by atoms with E-state index >= 15 is 0 Å². The fraction of sp³-hybridized carbons (Fsp3) is 0.769. The normalized spacial score (nSPS) is 25.2. The number of carboxylic acid groups (broad SMARTS) is 1. The Hall–Kier alpha value is -1.43. The number of nitrogens with zero attached hydrogens (tertiary/aromatic N) is 3. The van der Waals surface area contributed by atoms with Gasteiger partial charge in [0.15, 0.2) is 6.10 Å². The van der Waals surface area contributed by atoms with E-state index in [4.69, 9.17) is 5.11 Å². The van der Waals surface area contributed by atoms with Crippen LogP contribution in [0.5, 0.6) is 0 Å². The maximum atomic E-state index is 10.6. The zero-order chi connectivity index (χ0) is 13.8. The van der Waals surface area contributed by atoms with Crippen LogP contribution in [-0.4, -0.2) is 37.1 Å². The molecule has 1 aliphatic rings. The first-order chi connectivity index (χ1) is 9.08. The number of aryl methyl sites for hydroxylation is 1. The average molecular weight is 267 g/mol. The fourth-order valence-corrected chi connectivity index (χ4v) is 2.66.